The topological polar surface area (TPSA) is 54.0 Å². The summed E-state index contributed by atoms with van der Waals surface area (Å²) in [7, 11) is 0. The van der Waals surface area contributed by atoms with Crippen LogP contribution in [0.1, 0.15) is 20.4 Å². The van der Waals surface area contributed by atoms with Crippen molar-refractivity contribution in [1.29, 1.82) is 0 Å². The lowest BCUT2D eigenvalue weighted by molar-refractivity contribution is 0.102. The summed E-state index contributed by atoms with van der Waals surface area (Å²) in [6.07, 6.45) is 0.872. The minimum atomic E-state index is -0.218. The van der Waals surface area contributed by atoms with Gasteiger partial charge in [-0.1, -0.05) is 17.7 Å². The number of benzene rings is 1. The highest BCUT2D eigenvalue weighted by Gasteiger charge is 2.19. The molecule has 4 nitrogen and oxygen atoms in total. The number of carbonyl (C=O) groups is 1. The zero-order valence-corrected chi connectivity index (χ0v) is 13.5. The van der Waals surface area contributed by atoms with Crippen LogP contribution in [-0.2, 0) is 13.0 Å². The molecule has 1 aromatic carbocycles. The molecule has 2 heterocycles. The second kappa shape index (κ2) is 5.81. The molecule has 0 atom stereocenters. The van der Waals surface area contributed by atoms with E-state index in [9.17, 15) is 4.79 Å². The maximum atomic E-state index is 12.2. The number of halogens is 2. The quantitative estimate of drug-likeness (QED) is 0.849. The number of hydrogen-bond acceptors (Lipinski definition) is 4. The zero-order chi connectivity index (χ0) is 14.1. The van der Waals surface area contributed by atoms with Crippen LogP contribution in [0.2, 0.25) is 5.02 Å². The van der Waals surface area contributed by atoms with Crippen LogP contribution in [0.4, 0.5) is 5.69 Å². The van der Waals surface area contributed by atoms with Crippen molar-refractivity contribution in [3.05, 3.63) is 43.3 Å². The summed E-state index contributed by atoms with van der Waals surface area (Å²) in [6, 6.07) is 5.41. The van der Waals surface area contributed by atoms with E-state index >= 15 is 0 Å². The Balaban J connectivity index is 1.82. The first kappa shape index (κ1) is 14.0. The highest BCUT2D eigenvalue weighted by atomic mass is 79.9. The van der Waals surface area contributed by atoms with Gasteiger partial charge in [0.05, 0.1) is 16.4 Å². The average Bonchev–Trinajstić information content (AvgIpc) is 2.88. The van der Waals surface area contributed by atoms with Crippen molar-refractivity contribution in [3.8, 4) is 0 Å². The SMILES string of the molecule is O=C(Nc1cccc(Br)c1Cl)c1nc2c(s1)CNCC2. The number of nitrogens with zero attached hydrogens (tertiary/aromatic N) is 1. The van der Waals surface area contributed by atoms with E-state index in [0.717, 1.165) is 34.6 Å². The first-order chi connectivity index (χ1) is 9.65. The average molecular weight is 373 g/mol. The second-order valence-electron chi connectivity index (χ2n) is 4.37. The van der Waals surface area contributed by atoms with Crippen molar-refractivity contribution < 1.29 is 4.79 Å². The van der Waals surface area contributed by atoms with Gasteiger partial charge in [-0.25, -0.2) is 4.98 Å². The van der Waals surface area contributed by atoms with E-state index < -0.39 is 0 Å². The summed E-state index contributed by atoms with van der Waals surface area (Å²) in [6.45, 7) is 1.70. The van der Waals surface area contributed by atoms with Crippen molar-refractivity contribution in [2.45, 2.75) is 13.0 Å². The Labute approximate surface area is 133 Å². The maximum absolute atomic E-state index is 12.2. The first-order valence-corrected chi connectivity index (χ1v) is 8.08. The monoisotopic (exact) mass is 371 g/mol. The van der Waals surface area contributed by atoms with Crippen LogP contribution in [0, 0.1) is 0 Å². The predicted molar refractivity (Wildman–Crippen MR) is 84.6 cm³/mol. The molecule has 0 saturated carbocycles. The predicted octanol–water partition coefficient (Wildman–Crippen LogP) is 3.46. The Morgan fingerprint density at radius 3 is 3.15 bits per heavy atom. The van der Waals surface area contributed by atoms with Crippen LogP contribution in [0.5, 0.6) is 0 Å². The summed E-state index contributed by atoms with van der Waals surface area (Å²) in [5.41, 5.74) is 1.61. The van der Waals surface area contributed by atoms with E-state index in [0.29, 0.717) is 15.7 Å². The van der Waals surface area contributed by atoms with Gasteiger partial charge < -0.3 is 10.6 Å². The molecule has 104 valence electrons. The fourth-order valence-electron chi connectivity index (χ4n) is 2.00. The van der Waals surface area contributed by atoms with Crippen LogP contribution in [0.3, 0.4) is 0 Å². The number of hydrogen-bond donors (Lipinski definition) is 2. The molecule has 2 aromatic rings. The molecule has 0 saturated heterocycles. The first-order valence-electron chi connectivity index (χ1n) is 6.10. The van der Waals surface area contributed by atoms with Crippen molar-refractivity contribution in [3.63, 3.8) is 0 Å². The van der Waals surface area contributed by atoms with Gasteiger partial charge in [0.1, 0.15) is 0 Å². The third-order valence-electron chi connectivity index (χ3n) is 3.00. The van der Waals surface area contributed by atoms with E-state index in [1.165, 1.54) is 11.3 Å². The van der Waals surface area contributed by atoms with Gasteiger partial charge >= 0.3 is 0 Å². The molecule has 1 aliphatic heterocycles. The van der Waals surface area contributed by atoms with Crippen LogP contribution in [-0.4, -0.2) is 17.4 Å². The molecule has 7 heteroatoms. The lowest BCUT2D eigenvalue weighted by Crippen LogP contribution is -2.22. The minimum Gasteiger partial charge on any atom is -0.319 e. The normalized spacial score (nSPS) is 13.9. The van der Waals surface area contributed by atoms with E-state index in [1.807, 2.05) is 12.1 Å². The Kier molecular flexibility index (Phi) is 4.07. The van der Waals surface area contributed by atoms with Gasteiger partial charge in [-0.2, -0.15) is 0 Å². The third-order valence-corrected chi connectivity index (χ3v) is 5.39. The number of rotatable bonds is 2. The van der Waals surface area contributed by atoms with Crippen molar-refractivity contribution in [2.24, 2.45) is 0 Å². The number of fused-ring (bicyclic) bond motifs is 1. The number of thiazole rings is 1. The highest BCUT2D eigenvalue weighted by Crippen LogP contribution is 2.30. The maximum Gasteiger partial charge on any atom is 0.284 e. The van der Waals surface area contributed by atoms with Gasteiger partial charge in [0, 0.05) is 28.9 Å². The van der Waals surface area contributed by atoms with E-state index in [4.69, 9.17) is 11.6 Å². The molecule has 0 bridgehead atoms. The number of anilines is 1. The van der Waals surface area contributed by atoms with Gasteiger partial charge in [0.2, 0.25) is 0 Å². The second-order valence-corrected chi connectivity index (χ2v) is 6.69. The Bertz CT molecular complexity index is 650. The van der Waals surface area contributed by atoms with Gasteiger partial charge in [-0.05, 0) is 28.1 Å². The zero-order valence-electron chi connectivity index (χ0n) is 10.4. The minimum absolute atomic E-state index is 0.218. The van der Waals surface area contributed by atoms with Crippen LogP contribution in [0.25, 0.3) is 0 Å². The molecular formula is C13H11BrClN3OS. The molecule has 20 heavy (non-hydrogen) atoms. The lowest BCUT2D eigenvalue weighted by atomic mass is 10.2. The van der Waals surface area contributed by atoms with E-state index in [2.05, 4.69) is 31.5 Å². The molecule has 1 aliphatic rings. The molecule has 0 radical (unpaired) electrons. The fraction of sp³-hybridized carbons (Fsp3) is 0.231. The van der Waals surface area contributed by atoms with Gasteiger partial charge in [-0.3, -0.25) is 4.79 Å². The molecule has 1 aromatic heterocycles. The Hall–Kier alpha value is -0.950. The number of aromatic nitrogens is 1. The number of amides is 1. The van der Waals surface area contributed by atoms with Gasteiger partial charge in [-0.15, -0.1) is 11.3 Å². The van der Waals surface area contributed by atoms with Gasteiger partial charge in [0.15, 0.2) is 5.01 Å². The lowest BCUT2D eigenvalue weighted by Gasteiger charge is -2.09. The standard InChI is InChI=1S/C13H11BrClN3OS/c14-7-2-1-3-9(11(7)15)17-12(19)13-18-8-4-5-16-6-10(8)20-13/h1-3,16H,4-6H2,(H,17,19). The summed E-state index contributed by atoms with van der Waals surface area (Å²) < 4.78 is 0.750. The molecule has 0 unspecified atom stereocenters. The molecule has 2 N–H and O–H groups in total. The van der Waals surface area contributed by atoms with Crippen LogP contribution < -0.4 is 10.6 Å². The van der Waals surface area contributed by atoms with Crippen molar-refractivity contribution >= 4 is 50.5 Å². The van der Waals surface area contributed by atoms with Crippen molar-refractivity contribution in [2.75, 3.05) is 11.9 Å². The largest absolute Gasteiger partial charge is 0.319 e. The summed E-state index contributed by atoms with van der Waals surface area (Å²) in [4.78, 5) is 17.8. The fourth-order valence-corrected chi connectivity index (χ4v) is 3.51. The van der Waals surface area contributed by atoms with E-state index in [-0.39, 0.29) is 5.91 Å². The molecule has 0 fully saturated rings. The Morgan fingerprint density at radius 2 is 2.35 bits per heavy atom. The molecule has 1 amide bonds. The number of carbonyl (C=O) groups excluding carboxylic acids is 1. The van der Waals surface area contributed by atoms with E-state index in [1.54, 1.807) is 6.07 Å². The molecule has 3 rings (SSSR count). The van der Waals surface area contributed by atoms with Gasteiger partial charge in [0.25, 0.3) is 5.91 Å². The smallest absolute Gasteiger partial charge is 0.284 e. The molecule has 0 spiro atoms. The highest BCUT2D eigenvalue weighted by molar-refractivity contribution is 9.10. The molecular weight excluding hydrogens is 362 g/mol. The third kappa shape index (κ3) is 2.74. The molecule has 0 aliphatic carbocycles. The summed E-state index contributed by atoms with van der Waals surface area (Å²) >= 11 is 10.9. The number of nitrogens with one attached hydrogen (secondary N) is 2. The summed E-state index contributed by atoms with van der Waals surface area (Å²) in [5.74, 6) is -0.218. The van der Waals surface area contributed by atoms with Crippen LogP contribution >= 0.6 is 38.9 Å². The Morgan fingerprint density at radius 1 is 1.50 bits per heavy atom. The van der Waals surface area contributed by atoms with Crippen LogP contribution in [0.15, 0.2) is 22.7 Å². The summed E-state index contributed by atoms with van der Waals surface area (Å²) in [5, 5.41) is 7.04. The van der Waals surface area contributed by atoms with Crippen molar-refractivity contribution in [1.82, 2.24) is 10.3 Å².